The van der Waals surface area contributed by atoms with E-state index in [-0.39, 0.29) is 0 Å². The number of benzene rings is 1. The van der Waals surface area contributed by atoms with Crippen LogP contribution in [0.15, 0.2) is 40.5 Å². The van der Waals surface area contributed by atoms with Crippen molar-refractivity contribution in [1.29, 1.82) is 0 Å². The molecule has 0 unspecified atom stereocenters. The third-order valence-electron chi connectivity index (χ3n) is 1.47. The van der Waals surface area contributed by atoms with Gasteiger partial charge in [-0.25, -0.2) is 10.2 Å². The van der Waals surface area contributed by atoms with E-state index < -0.39 is 6.03 Å². The van der Waals surface area contributed by atoms with Crippen LogP contribution in [0.25, 0.3) is 6.08 Å². The topological polar surface area (TPSA) is 67.5 Å². The van der Waals surface area contributed by atoms with Gasteiger partial charge in [0, 0.05) is 0 Å². The second-order valence-corrected chi connectivity index (χ2v) is 3.11. The summed E-state index contributed by atoms with van der Waals surface area (Å²) in [5, 5.41) is 3.92. The van der Waals surface area contributed by atoms with E-state index in [0.29, 0.717) is 5.03 Å². The van der Waals surface area contributed by atoms with Crippen molar-refractivity contribution in [2.75, 3.05) is 0 Å². The molecule has 0 spiro atoms. The Labute approximate surface area is 92.4 Å². The zero-order chi connectivity index (χ0) is 11.1. The molecular formula is C10H10ClN3O. The molecule has 1 rings (SSSR count). The SMILES string of the molecule is NC(=O)N/N=C/C(Cl)=C/c1ccccc1. The van der Waals surface area contributed by atoms with Crippen LogP contribution in [0.1, 0.15) is 5.56 Å². The fourth-order valence-electron chi connectivity index (χ4n) is 0.903. The van der Waals surface area contributed by atoms with Crippen molar-refractivity contribution in [3.8, 4) is 0 Å². The van der Waals surface area contributed by atoms with Gasteiger partial charge in [0.25, 0.3) is 0 Å². The Balaban J connectivity index is 2.61. The molecule has 1 aromatic carbocycles. The quantitative estimate of drug-likeness (QED) is 0.597. The molecule has 5 heteroatoms. The van der Waals surface area contributed by atoms with Crippen molar-refractivity contribution in [2.45, 2.75) is 0 Å². The number of hydrogen-bond donors (Lipinski definition) is 2. The zero-order valence-electron chi connectivity index (χ0n) is 7.85. The van der Waals surface area contributed by atoms with Gasteiger partial charge in [0.15, 0.2) is 0 Å². The number of nitrogens with zero attached hydrogens (tertiary/aromatic N) is 1. The maximum absolute atomic E-state index is 10.3. The van der Waals surface area contributed by atoms with Crippen LogP contribution in [-0.4, -0.2) is 12.2 Å². The van der Waals surface area contributed by atoms with E-state index in [0.717, 1.165) is 5.56 Å². The van der Waals surface area contributed by atoms with Crippen LogP contribution in [-0.2, 0) is 0 Å². The lowest BCUT2D eigenvalue weighted by Crippen LogP contribution is -2.24. The van der Waals surface area contributed by atoms with E-state index in [2.05, 4.69) is 5.10 Å². The summed E-state index contributed by atoms with van der Waals surface area (Å²) < 4.78 is 0. The van der Waals surface area contributed by atoms with Gasteiger partial charge in [0.1, 0.15) is 0 Å². The normalized spacial score (nSPS) is 11.7. The van der Waals surface area contributed by atoms with E-state index in [4.69, 9.17) is 17.3 Å². The molecule has 0 radical (unpaired) electrons. The lowest BCUT2D eigenvalue weighted by Gasteiger charge is -1.93. The number of hydrogen-bond acceptors (Lipinski definition) is 2. The maximum Gasteiger partial charge on any atom is 0.332 e. The third-order valence-corrected chi connectivity index (χ3v) is 1.67. The molecule has 3 N–H and O–H groups in total. The van der Waals surface area contributed by atoms with Gasteiger partial charge in [0.2, 0.25) is 0 Å². The van der Waals surface area contributed by atoms with E-state index in [1.165, 1.54) is 6.21 Å². The molecule has 0 bridgehead atoms. The number of hydrazone groups is 1. The second kappa shape index (κ2) is 5.82. The van der Waals surface area contributed by atoms with Crippen molar-refractivity contribution < 1.29 is 4.79 Å². The van der Waals surface area contributed by atoms with Gasteiger partial charge < -0.3 is 5.73 Å². The minimum atomic E-state index is -0.726. The number of allylic oxidation sites excluding steroid dienone is 1. The molecule has 0 saturated heterocycles. The molecule has 0 fully saturated rings. The number of carbonyl (C=O) groups excluding carboxylic acids is 1. The van der Waals surface area contributed by atoms with Gasteiger partial charge >= 0.3 is 6.03 Å². The Morgan fingerprint density at radius 1 is 1.40 bits per heavy atom. The van der Waals surface area contributed by atoms with E-state index in [1.807, 2.05) is 35.8 Å². The van der Waals surface area contributed by atoms with Crippen molar-refractivity contribution >= 4 is 29.9 Å². The minimum Gasteiger partial charge on any atom is -0.350 e. The average molecular weight is 224 g/mol. The molecule has 0 saturated carbocycles. The summed E-state index contributed by atoms with van der Waals surface area (Å²) in [6.07, 6.45) is 3.02. The monoisotopic (exact) mass is 223 g/mol. The van der Waals surface area contributed by atoms with Crippen molar-refractivity contribution in [1.82, 2.24) is 5.43 Å². The highest BCUT2D eigenvalue weighted by atomic mass is 35.5. The minimum absolute atomic E-state index is 0.398. The van der Waals surface area contributed by atoms with Crippen LogP contribution in [0.3, 0.4) is 0 Å². The molecule has 0 aliphatic rings. The fraction of sp³-hybridized carbons (Fsp3) is 0. The first-order valence-corrected chi connectivity index (χ1v) is 4.57. The predicted octanol–water partition coefficient (Wildman–Crippen LogP) is 1.92. The van der Waals surface area contributed by atoms with Gasteiger partial charge in [-0.05, 0) is 11.6 Å². The third kappa shape index (κ3) is 4.83. The molecule has 0 aromatic heterocycles. The molecule has 0 heterocycles. The first-order valence-electron chi connectivity index (χ1n) is 4.19. The number of amides is 2. The molecule has 78 valence electrons. The average Bonchev–Trinajstić information content (AvgIpc) is 2.18. The number of nitrogens with two attached hydrogens (primary N) is 1. The van der Waals surface area contributed by atoms with Crippen LogP contribution in [0.5, 0.6) is 0 Å². The Morgan fingerprint density at radius 2 is 2.07 bits per heavy atom. The van der Waals surface area contributed by atoms with Crippen molar-refractivity contribution in [3.05, 3.63) is 40.9 Å². The first-order chi connectivity index (χ1) is 7.18. The van der Waals surface area contributed by atoms with Crippen LogP contribution in [0.4, 0.5) is 4.79 Å². The van der Waals surface area contributed by atoms with Crippen LogP contribution >= 0.6 is 11.6 Å². The Morgan fingerprint density at radius 3 is 2.67 bits per heavy atom. The molecule has 0 aliphatic carbocycles. The molecule has 4 nitrogen and oxygen atoms in total. The Bertz CT molecular complexity index is 387. The fourth-order valence-corrected chi connectivity index (χ4v) is 1.08. The van der Waals surface area contributed by atoms with Gasteiger partial charge in [-0.2, -0.15) is 5.10 Å². The number of urea groups is 1. The maximum atomic E-state index is 10.3. The zero-order valence-corrected chi connectivity index (χ0v) is 8.61. The van der Waals surface area contributed by atoms with Crippen LogP contribution in [0.2, 0.25) is 0 Å². The number of primary amides is 1. The molecule has 2 amide bonds. The number of carbonyl (C=O) groups is 1. The molecular weight excluding hydrogens is 214 g/mol. The summed E-state index contributed by atoms with van der Waals surface area (Å²) >= 11 is 5.82. The van der Waals surface area contributed by atoms with Crippen LogP contribution in [0, 0.1) is 0 Å². The second-order valence-electron chi connectivity index (χ2n) is 2.67. The van der Waals surface area contributed by atoms with Crippen molar-refractivity contribution in [2.24, 2.45) is 10.8 Å². The smallest absolute Gasteiger partial charge is 0.332 e. The number of halogens is 1. The number of nitrogens with one attached hydrogen (secondary N) is 1. The molecule has 1 aromatic rings. The molecule has 15 heavy (non-hydrogen) atoms. The summed E-state index contributed by atoms with van der Waals surface area (Å²) in [6, 6.07) is 8.78. The summed E-state index contributed by atoms with van der Waals surface area (Å²) in [5.74, 6) is 0. The summed E-state index contributed by atoms with van der Waals surface area (Å²) in [5.41, 5.74) is 7.80. The van der Waals surface area contributed by atoms with E-state index >= 15 is 0 Å². The van der Waals surface area contributed by atoms with Crippen molar-refractivity contribution in [3.63, 3.8) is 0 Å². The van der Waals surface area contributed by atoms with Crippen LogP contribution < -0.4 is 11.2 Å². The van der Waals surface area contributed by atoms with E-state index in [9.17, 15) is 4.79 Å². The Hall–Kier alpha value is -1.81. The summed E-state index contributed by atoms with van der Waals surface area (Å²) in [6.45, 7) is 0. The van der Waals surface area contributed by atoms with E-state index in [1.54, 1.807) is 6.08 Å². The first kappa shape index (κ1) is 11.3. The van der Waals surface area contributed by atoms with Gasteiger partial charge in [-0.15, -0.1) is 0 Å². The highest BCUT2D eigenvalue weighted by Crippen LogP contribution is 2.07. The lowest BCUT2D eigenvalue weighted by molar-refractivity contribution is 0.249. The lowest BCUT2D eigenvalue weighted by atomic mass is 10.2. The highest BCUT2D eigenvalue weighted by Gasteiger charge is 1.89. The van der Waals surface area contributed by atoms with Gasteiger partial charge in [-0.1, -0.05) is 41.9 Å². The predicted molar refractivity (Wildman–Crippen MR) is 61.5 cm³/mol. The molecule has 0 aliphatic heterocycles. The summed E-state index contributed by atoms with van der Waals surface area (Å²) in [7, 11) is 0. The highest BCUT2D eigenvalue weighted by molar-refractivity contribution is 6.41. The summed E-state index contributed by atoms with van der Waals surface area (Å²) in [4.78, 5) is 10.3. The van der Waals surface area contributed by atoms with Gasteiger partial charge in [-0.3, -0.25) is 0 Å². The van der Waals surface area contributed by atoms with Gasteiger partial charge in [0.05, 0.1) is 11.2 Å². The largest absolute Gasteiger partial charge is 0.350 e. The molecule has 0 atom stereocenters. The Kier molecular flexibility index (Phi) is 4.37. The standard InChI is InChI=1S/C10H10ClN3O/c11-9(7-13-14-10(12)15)6-8-4-2-1-3-5-8/h1-7H,(H3,12,14,15)/b9-6-,13-7+. The number of rotatable bonds is 3.